The molecule has 0 radical (unpaired) electrons. The second-order valence-electron chi connectivity index (χ2n) is 5.29. The highest BCUT2D eigenvalue weighted by Gasteiger charge is 2.21. The molecule has 10 nitrogen and oxygen atoms in total. The molecule has 0 aliphatic rings. The van der Waals surface area contributed by atoms with Gasteiger partial charge in [-0.25, -0.2) is 0 Å². The van der Waals surface area contributed by atoms with Gasteiger partial charge in [-0.3, -0.25) is 29.7 Å². The van der Waals surface area contributed by atoms with E-state index in [9.17, 15) is 25.0 Å². The summed E-state index contributed by atoms with van der Waals surface area (Å²) >= 11 is 0. The molecule has 0 aliphatic carbocycles. The summed E-state index contributed by atoms with van der Waals surface area (Å²) in [5.41, 5.74) is 0.338. The maximum atomic E-state index is 12.3. The summed E-state index contributed by atoms with van der Waals surface area (Å²) in [5, 5.41) is 28.6. The zero-order valence-electron chi connectivity index (χ0n) is 13.2. The van der Waals surface area contributed by atoms with Crippen LogP contribution in [0.2, 0.25) is 0 Å². The quantitative estimate of drug-likeness (QED) is 0.657. The molecular weight excluding hydrogens is 318 g/mol. The van der Waals surface area contributed by atoms with Crippen LogP contribution in [0.3, 0.4) is 0 Å². The number of nitro benzene ring substituents is 2. The van der Waals surface area contributed by atoms with Crippen molar-refractivity contribution >= 4 is 17.3 Å². The molecule has 0 bridgehead atoms. The Morgan fingerprint density at radius 1 is 1.21 bits per heavy atom. The number of amides is 1. The Morgan fingerprint density at radius 2 is 1.75 bits per heavy atom. The molecule has 0 aliphatic heterocycles. The van der Waals surface area contributed by atoms with Crippen LogP contribution >= 0.6 is 0 Å². The molecule has 0 saturated heterocycles. The molecular formula is C14H15N5O5. The molecule has 1 heterocycles. The lowest BCUT2D eigenvalue weighted by molar-refractivity contribution is -0.394. The second kappa shape index (κ2) is 6.44. The first-order valence-corrected chi connectivity index (χ1v) is 6.94. The van der Waals surface area contributed by atoms with Crippen molar-refractivity contribution in [2.45, 2.75) is 19.9 Å². The van der Waals surface area contributed by atoms with Gasteiger partial charge in [0, 0.05) is 30.9 Å². The van der Waals surface area contributed by atoms with Crippen LogP contribution in [-0.2, 0) is 7.05 Å². The van der Waals surface area contributed by atoms with Crippen molar-refractivity contribution in [2.24, 2.45) is 7.05 Å². The summed E-state index contributed by atoms with van der Waals surface area (Å²) in [7, 11) is 1.74. The molecule has 1 aromatic carbocycles. The fraction of sp³-hybridized carbons (Fsp3) is 0.286. The van der Waals surface area contributed by atoms with E-state index in [-0.39, 0.29) is 5.56 Å². The number of nitro groups is 2. The zero-order valence-corrected chi connectivity index (χ0v) is 13.2. The van der Waals surface area contributed by atoms with E-state index in [2.05, 4.69) is 10.4 Å². The van der Waals surface area contributed by atoms with E-state index in [1.807, 2.05) is 0 Å². The number of benzene rings is 1. The van der Waals surface area contributed by atoms with Gasteiger partial charge in [0.2, 0.25) is 0 Å². The molecule has 2 aromatic rings. The first-order chi connectivity index (χ1) is 11.2. The van der Waals surface area contributed by atoms with Crippen LogP contribution < -0.4 is 5.32 Å². The number of rotatable bonds is 5. The number of aryl methyl sites for hydroxylation is 2. The highest BCUT2D eigenvalue weighted by Crippen LogP contribution is 2.23. The smallest absolute Gasteiger partial charge is 0.277 e. The molecule has 0 spiro atoms. The second-order valence-corrected chi connectivity index (χ2v) is 5.29. The average Bonchev–Trinajstić information content (AvgIpc) is 2.85. The van der Waals surface area contributed by atoms with Crippen molar-refractivity contribution in [3.8, 4) is 0 Å². The Balaban J connectivity index is 2.30. The summed E-state index contributed by atoms with van der Waals surface area (Å²) < 4.78 is 1.60. The number of carbonyl (C=O) groups is 1. The van der Waals surface area contributed by atoms with Crippen LogP contribution in [-0.4, -0.2) is 25.5 Å². The number of hydrogen-bond donors (Lipinski definition) is 1. The van der Waals surface area contributed by atoms with Crippen LogP contribution in [0.5, 0.6) is 0 Å². The number of nitrogens with zero attached hydrogens (tertiary/aromatic N) is 4. The van der Waals surface area contributed by atoms with Crippen LogP contribution in [0.1, 0.15) is 34.6 Å². The van der Waals surface area contributed by atoms with Gasteiger partial charge in [0.1, 0.15) is 0 Å². The Labute approximate surface area is 136 Å². The SMILES string of the molecule is Cc1nn(C)cc1C(C)NC(=O)c1cc([N+](=O)[O-])cc([N+](=O)[O-])c1. The molecule has 0 saturated carbocycles. The van der Waals surface area contributed by atoms with E-state index in [1.165, 1.54) is 0 Å². The van der Waals surface area contributed by atoms with E-state index in [1.54, 1.807) is 31.8 Å². The monoisotopic (exact) mass is 333 g/mol. The first kappa shape index (κ1) is 17.1. The molecule has 1 aromatic heterocycles. The minimum atomic E-state index is -0.779. The molecule has 10 heteroatoms. The Morgan fingerprint density at radius 3 is 2.17 bits per heavy atom. The lowest BCUT2D eigenvalue weighted by Gasteiger charge is -2.13. The maximum absolute atomic E-state index is 12.3. The molecule has 1 amide bonds. The molecule has 2 rings (SSSR count). The third kappa shape index (κ3) is 3.54. The Bertz CT molecular complexity index is 797. The van der Waals surface area contributed by atoms with E-state index in [0.717, 1.165) is 29.5 Å². The molecule has 24 heavy (non-hydrogen) atoms. The van der Waals surface area contributed by atoms with Crippen molar-refractivity contribution < 1.29 is 14.6 Å². The van der Waals surface area contributed by atoms with Gasteiger partial charge >= 0.3 is 0 Å². The minimum absolute atomic E-state index is 0.149. The predicted octanol–water partition coefficient (Wildman–Crippen LogP) is 2.04. The number of nitrogens with one attached hydrogen (secondary N) is 1. The summed E-state index contributed by atoms with van der Waals surface area (Å²) in [6.45, 7) is 3.52. The number of non-ortho nitro benzene ring substituents is 2. The number of carbonyl (C=O) groups excluding carboxylic acids is 1. The third-order valence-electron chi connectivity index (χ3n) is 3.45. The van der Waals surface area contributed by atoms with Gasteiger partial charge < -0.3 is 5.32 Å². The van der Waals surface area contributed by atoms with Gasteiger partial charge in [0.25, 0.3) is 17.3 Å². The van der Waals surface area contributed by atoms with Gasteiger partial charge in [-0.1, -0.05) is 0 Å². The highest BCUT2D eigenvalue weighted by atomic mass is 16.6. The van der Waals surface area contributed by atoms with Crippen molar-refractivity contribution in [3.63, 3.8) is 0 Å². The topological polar surface area (TPSA) is 133 Å². The van der Waals surface area contributed by atoms with Gasteiger partial charge in [-0.2, -0.15) is 5.10 Å². The Hall–Kier alpha value is -3.30. The fourth-order valence-electron chi connectivity index (χ4n) is 2.34. The highest BCUT2D eigenvalue weighted by molar-refractivity contribution is 5.95. The summed E-state index contributed by atoms with van der Waals surface area (Å²) in [4.78, 5) is 32.5. The van der Waals surface area contributed by atoms with Crippen molar-refractivity contribution in [1.29, 1.82) is 0 Å². The molecule has 1 N–H and O–H groups in total. The van der Waals surface area contributed by atoms with Crippen LogP contribution in [0.15, 0.2) is 24.4 Å². The van der Waals surface area contributed by atoms with E-state index in [0.29, 0.717) is 0 Å². The van der Waals surface area contributed by atoms with E-state index < -0.39 is 33.2 Å². The van der Waals surface area contributed by atoms with Gasteiger partial charge in [-0.05, 0) is 13.8 Å². The van der Waals surface area contributed by atoms with Crippen molar-refractivity contribution in [1.82, 2.24) is 15.1 Å². The standard InChI is InChI=1S/C14H15N5O5/c1-8(13-7-17(3)16-9(13)2)15-14(20)10-4-11(18(21)22)6-12(5-10)19(23)24/h4-8H,1-3H3,(H,15,20). The van der Waals surface area contributed by atoms with Crippen LogP contribution in [0.25, 0.3) is 0 Å². The summed E-state index contributed by atoms with van der Waals surface area (Å²) in [6.07, 6.45) is 1.75. The van der Waals surface area contributed by atoms with Gasteiger partial charge in [-0.15, -0.1) is 0 Å². The first-order valence-electron chi connectivity index (χ1n) is 6.94. The number of aromatic nitrogens is 2. The fourth-order valence-corrected chi connectivity index (χ4v) is 2.34. The van der Waals surface area contributed by atoms with Crippen LogP contribution in [0, 0.1) is 27.2 Å². The molecule has 1 atom stereocenters. The van der Waals surface area contributed by atoms with E-state index in [4.69, 9.17) is 0 Å². The average molecular weight is 333 g/mol. The maximum Gasteiger partial charge on any atom is 0.277 e. The lowest BCUT2D eigenvalue weighted by atomic mass is 10.1. The van der Waals surface area contributed by atoms with Crippen LogP contribution in [0.4, 0.5) is 11.4 Å². The molecule has 126 valence electrons. The van der Waals surface area contributed by atoms with Crippen molar-refractivity contribution in [3.05, 3.63) is 61.4 Å². The van der Waals surface area contributed by atoms with E-state index >= 15 is 0 Å². The Kier molecular flexibility index (Phi) is 4.58. The molecule has 0 fully saturated rings. The summed E-state index contributed by atoms with van der Waals surface area (Å²) in [6, 6.07) is 2.41. The zero-order chi connectivity index (χ0) is 18.0. The van der Waals surface area contributed by atoms with Gasteiger partial charge in [0.15, 0.2) is 0 Å². The third-order valence-corrected chi connectivity index (χ3v) is 3.45. The predicted molar refractivity (Wildman–Crippen MR) is 83.6 cm³/mol. The van der Waals surface area contributed by atoms with Crippen molar-refractivity contribution in [2.75, 3.05) is 0 Å². The van der Waals surface area contributed by atoms with Gasteiger partial charge in [0.05, 0.1) is 33.2 Å². The number of hydrogen-bond acceptors (Lipinski definition) is 6. The lowest BCUT2D eigenvalue weighted by Crippen LogP contribution is -2.27. The summed E-state index contributed by atoms with van der Waals surface area (Å²) in [5.74, 6) is -0.641. The molecule has 1 unspecified atom stereocenters. The normalized spacial score (nSPS) is 11.8. The minimum Gasteiger partial charge on any atom is -0.345 e. The largest absolute Gasteiger partial charge is 0.345 e.